The first-order valence-electron chi connectivity index (χ1n) is 11.5. The summed E-state index contributed by atoms with van der Waals surface area (Å²) in [5.74, 6) is 0.380. The van der Waals surface area contributed by atoms with Gasteiger partial charge in [0.05, 0.1) is 13.0 Å². The summed E-state index contributed by atoms with van der Waals surface area (Å²) in [5.41, 5.74) is 7.40. The molecule has 5 aromatic rings. The summed E-state index contributed by atoms with van der Waals surface area (Å²) in [7, 11) is 1.63. The summed E-state index contributed by atoms with van der Waals surface area (Å²) >= 11 is 0. The number of aromatic nitrogens is 2. The zero-order chi connectivity index (χ0) is 22.9. The van der Waals surface area contributed by atoms with Gasteiger partial charge in [0.2, 0.25) is 0 Å². The van der Waals surface area contributed by atoms with Crippen LogP contribution in [0.2, 0.25) is 0 Å². The summed E-state index contributed by atoms with van der Waals surface area (Å²) in [5, 5.41) is 2.20. The van der Waals surface area contributed by atoms with Crippen molar-refractivity contribution in [2.75, 3.05) is 7.11 Å². The van der Waals surface area contributed by atoms with E-state index in [2.05, 4.69) is 60.2 Å². The van der Waals surface area contributed by atoms with Crippen molar-refractivity contribution in [3.8, 4) is 5.75 Å². The largest absolute Gasteiger partial charge is 0.497 e. The highest BCUT2D eigenvalue weighted by atomic mass is 16.5. The molecule has 2 aromatic heterocycles. The van der Waals surface area contributed by atoms with Crippen LogP contribution >= 0.6 is 0 Å². The molecule has 3 aromatic carbocycles. The van der Waals surface area contributed by atoms with E-state index in [0.29, 0.717) is 5.56 Å². The fourth-order valence-electron chi connectivity index (χ4n) is 4.92. The van der Waals surface area contributed by atoms with E-state index in [1.807, 2.05) is 36.7 Å². The average molecular weight is 437 g/mol. The highest BCUT2D eigenvalue weighted by Crippen LogP contribution is 2.38. The van der Waals surface area contributed by atoms with E-state index < -0.39 is 5.92 Å². The molecule has 2 N–H and O–H groups in total. The molecule has 0 atom stereocenters. The smallest absolute Gasteiger partial charge is 0.174 e. The monoisotopic (exact) mass is 436 g/mol. The van der Waals surface area contributed by atoms with Crippen LogP contribution in [0.4, 0.5) is 0 Å². The van der Waals surface area contributed by atoms with Crippen molar-refractivity contribution in [3.63, 3.8) is 0 Å². The summed E-state index contributed by atoms with van der Waals surface area (Å²) in [4.78, 5) is 21.0. The predicted molar refractivity (Wildman–Crippen MR) is 135 cm³/mol. The van der Waals surface area contributed by atoms with Crippen LogP contribution in [0.15, 0.2) is 73.1 Å². The van der Waals surface area contributed by atoms with Crippen LogP contribution in [0, 0.1) is 0 Å². The molecule has 166 valence electrons. The number of fused-ring (bicyclic) bond motifs is 2. The van der Waals surface area contributed by atoms with Gasteiger partial charge in [-0.1, -0.05) is 50.2 Å². The molecule has 0 saturated heterocycles. The Balaban J connectivity index is 1.74. The number of hydrogen-bond donors (Lipinski definition) is 2. The summed E-state index contributed by atoms with van der Waals surface area (Å²) in [6.07, 6.45) is 5.89. The molecule has 2 heterocycles. The maximum atomic E-state index is 14.1. The molecule has 33 heavy (non-hydrogen) atoms. The zero-order valence-corrected chi connectivity index (χ0v) is 19.2. The molecule has 5 rings (SSSR count). The lowest BCUT2D eigenvalue weighted by Gasteiger charge is -2.16. The molecule has 4 nitrogen and oxygen atoms in total. The molecular formula is C29H28N2O2. The molecule has 0 aliphatic heterocycles. The van der Waals surface area contributed by atoms with E-state index in [4.69, 9.17) is 4.74 Å². The van der Waals surface area contributed by atoms with Crippen molar-refractivity contribution >= 4 is 27.6 Å². The number of aryl methyl sites for hydroxylation is 2. The van der Waals surface area contributed by atoms with Gasteiger partial charge >= 0.3 is 0 Å². The quantitative estimate of drug-likeness (QED) is 0.276. The lowest BCUT2D eigenvalue weighted by atomic mass is 9.84. The van der Waals surface area contributed by atoms with Crippen LogP contribution in [-0.4, -0.2) is 22.9 Å². The Morgan fingerprint density at radius 1 is 0.788 bits per heavy atom. The third-order valence-electron chi connectivity index (χ3n) is 6.69. The fourth-order valence-corrected chi connectivity index (χ4v) is 4.92. The Morgan fingerprint density at radius 2 is 1.30 bits per heavy atom. The normalized spacial score (nSPS) is 11.5. The fraction of sp³-hybridized carbons (Fsp3) is 0.207. The average Bonchev–Trinajstić information content (AvgIpc) is 3.49. The first-order valence-corrected chi connectivity index (χ1v) is 11.5. The number of methoxy groups -OCH3 is 1. The Kier molecular flexibility index (Phi) is 5.51. The molecule has 0 amide bonds. The summed E-state index contributed by atoms with van der Waals surface area (Å²) in [6.45, 7) is 4.31. The van der Waals surface area contributed by atoms with Crippen LogP contribution < -0.4 is 4.74 Å². The highest BCUT2D eigenvalue weighted by molar-refractivity contribution is 6.08. The van der Waals surface area contributed by atoms with Crippen molar-refractivity contribution in [1.82, 2.24) is 9.97 Å². The standard InChI is InChI=1S/C29H28N2O2/c1-4-18-8-6-10-22-24(16-30-27(18)22)26(29(32)20-12-14-21(33-3)15-13-20)25-17-31-28-19(5-2)9-7-11-23(25)28/h6-17,26,30-31H,4-5H2,1-3H3. The topological polar surface area (TPSA) is 57.9 Å². The third kappa shape index (κ3) is 3.52. The second kappa shape index (κ2) is 8.62. The first-order chi connectivity index (χ1) is 16.2. The molecule has 0 fully saturated rings. The summed E-state index contributed by atoms with van der Waals surface area (Å²) < 4.78 is 5.30. The SMILES string of the molecule is CCc1cccc2c(C(C(=O)c3ccc(OC)cc3)c3c[nH]c4c(CC)cccc34)c[nH]c12. The van der Waals surface area contributed by atoms with E-state index in [-0.39, 0.29) is 5.78 Å². The van der Waals surface area contributed by atoms with E-state index in [0.717, 1.165) is 51.5 Å². The van der Waals surface area contributed by atoms with Crippen molar-refractivity contribution in [2.45, 2.75) is 32.6 Å². The van der Waals surface area contributed by atoms with Crippen molar-refractivity contribution in [1.29, 1.82) is 0 Å². The number of aromatic amines is 2. The van der Waals surface area contributed by atoms with Gasteiger partial charge in [-0.05, 0) is 59.4 Å². The molecule has 0 unspecified atom stereocenters. The second-order valence-corrected chi connectivity index (χ2v) is 8.40. The summed E-state index contributed by atoms with van der Waals surface area (Å²) in [6, 6.07) is 20.1. The van der Waals surface area contributed by atoms with Crippen LogP contribution in [0.3, 0.4) is 0 Å². The number of carbonyl (C=O) groups is 1. The van der Waals surface area contributed by atoms with Gasteiger partial charge < -0.3 is 14.7 Å². The second-order valence-electron chi connectivity index (χ2n) is 8.40. The number of para-hydroxylation sites is 2. The van der Waals surface area contributed by atoms with Gasteiger partial charge in [0, 0.05) is 39.8 Å². The molecule has 0 saturated carbocycles. The van der Waals surface area contributed by atoms with Gasteiger partial charge in [-0.3, -0.25) is 4.79 Å². The third-order valence-corrected chi connectivity index (χ3v) is 6.69. The van der Waals surface area contributed by atoms with E-state index in [9.17, 15) is 4.79 Å². The Bertz CT molecular complexity index is 1360. The molecule has 0 spiro atoms. The zero-order valence-electron chi connectivity index (χ0n) is 19.2. The maximum Gasteiger partial charge on any atom is 0.174 e. The number of ether oxygens (including phenoxy) is 1. The van der Waals surface area contributed by atoms with Crippen LogP contribution in [0.5, 0.6) is 5.75 Å². The molecule has 0 radical (unpaired) electrons. The van der Waals surface area contributed by atoms with Crippen molar-refractivity contribution in [2.24, 2.45) is 0 Å². The number of hydrogen-bond acceptors (Lipinski definition) is 2. The van der Waals surface area contributed by atoms with Gasteiger partial charge in [-0.2, -0.15) is 0 Å². The molecule has 0 aliphatic carbocycles. The lowest BCUT2D eigenvalue weighted by molar-refractivity contribution is 0.0974. The molecular weight excluding hydrogens is 408 g/mol. The van der Waals surface area contributed by atoms with E-state index in [1.54, 1.807) is 7.11 Å². The number of nitrogens with one attached hydrogen (secondary N) is 2. The Hall–Kier alpha value is -3.79. The Morgan fingerprint density at radius 3 is 1.76 bits per heavy atom. The van der Waals surface area contributed by atoms with E-state index in [1.165, 1.54) is 11.1 Å². The van der Waals surface area contributed by atoms with Crippen LogP contribution in [-0.2, 0) is 12.8 Å². The number of H-pyrrole nitrogens is 2. The maximum absolute atomic E-state index is 14.1. The first kappa shape index (κ1) is 21.1. The number of carbonyl (C=O) groups excluding carboxylic acids is 1. The highest BCUT2D eigenvalue weighted by Gasteiger charge is 2.29. The number of benzene rings is 3. The van der Waals surface area contributed by atoms with Crippen LogP contribution in [0.1, 0.15) is 52.4 Å². The Labute approximate surface area is 193 Å². The van der Waals surface area contributed by atoms with Gasteiger partial charge in [0.25, 0.3) is 0 Å². The van der Waals surface area contributed by atoms with E-state index >= 15 is 0 Å². The van der Waals surface area contributed by atoms with Crippen LogP contribution in [0.25, 0.3) is 21.8 Å². The molecule has 0 aliphatic rings. The number of ketones is 1. The van der Waals surface area contributed by atoms with Gasteiger partial charge in [-0.15, -0.1) is 0 Å². The number of rotatable bonds is 7. The minimum atomic E-state index is -0.430. The van der Waals surface area contributed by atoms with Crippen molar-refractivity contribution < 1.29 is 9.53 Å². The minimum Gasteiger partial charge on any atom is -0.497 e. The van der Waals surface area contributed by atoms with Gasteiger partial charge in [0.1, 0.15) is 5.75 Å². The molecule has 4 heteroatoms. The lowest BCUT2D eigenvalue weighted by Crippen LogP contribution is -2.14. The molecule has 0 bridgehead atoms. The van der Waals surface area contributed by atoms with Crippen molar-refractivity contribution in [3.05, 3.63) is 101 Å². The minimum absolute atomic E-state index is 0.0725. The number of Topliss-reactive ketones (excluding diaryl/α,β-unsaturated/α-hetero) is 1. The van der Waals surface area contributed by atoms with Gasteiger partial charge in [0.15, 0.2) is 5.78 Å². The predicted octanol–water partition coefficient (Wildman–Crippen LogP) is 6.80. The van der Waals surface area contributed by atoms with Gasteiger partial charge in [-0.25, -0.2) is 0 Å².